The number of thiocarbonyl (C=S) groups is 1. The molecule has 0 aromatic heterocycles. The van der Waals surface area contributed by atoms with E-state index in [0.29, 0.717) is 25.5 Å². The Hall–Kier alpha value is -0.870. The van der Waals surface area contributed by atoms with E-state index in [9.17, 15) is 4.55 Å². The summed E-state index contributed by atoms with van der Waals surface area (Å²) in [7, 11) is 0. The van der Waals surface area contributed by atoms with Crippen LogP contribution in [0.3, 0.4) is 0 Å². The molecule has 0 saturated heterocycles. The van der Waals surface area contributed by atoms with Gasteiger partial charge in [0, 0.05) is 11.2 Å². The molecule has 2 rings (SSSR count). The van der Waals surface area contributed by atoms with Crippen LogP contribution in [0.15, 0.2) is 57.2 Å². The van der Waals surface area contributed by atoms with Crippen LogP contribution in [-0.2, 0) is 11.2 Å². The smallest absolute Gasteiger partial charge is 0.195 e. The van der Waals surface area contributed by atoms with Crippen molar-refractivity contribution in [1.82, 2.24) is 0 Å². The molecule has 0 amide bonds. The van der Waals surface area contributed by atoms with Gasteiger partial charge in [0.05, 0.1) is 20.9 Å². The van der Waals surface area contributed by atoms with Crippen LogP contribution < -0.4 is 0 Å². The van der Waals surface area contributed by atoms with Gasteiger partial charge in [0.15, 0.2) is 9.79 Å². The zero-order valence-electron chi connectivity index (χ0n) is 9.47. The van der Waals surface area contributed by atoms with E-state index < -0.39 is 11.2 Å². The van der Waals surface area contributed by atoms with Gasteiger partial charge in [0.25, 0.3) is 0 Å². The molecule has 19 heavy (non-hydrogen) atoms. The van der Waals surface area contributed by atoms with Crippen molar-refractivity contribution in [3.63, 3.8) is 0 Å². The van der Waals surface area contributed by atoms with Crippen molar-refractivity contribution in [2.45, 2.75) is 9.79 Å². The molecule has 0 aliphatic heterocycles. The van der Waals surface area contributed by atoms with Gasteiger partial charge in [-0.1, -0.05) is 41.4 Å². The van der Waals surface area contributed by atoms with Crippen LogP contribution in [0.4, 0.5) is 5.69 Å². The zero-order valence-corrected chi connectivity index (χ0v) is 12.6. The predicted octanol–water partition coefficient (Wildman–Crippen LogP) is 4.89. The van der Waals surface area contributed by atoms with Crippen molar-refractivity contribution < 1.29 is 4.55 Å². The molecular formula is C13H7Cl2NOS2. The first-order chi connectivity index (χ1) is 9.13. The fraction of sp³-hybridized carbons (Fsp3) is 0. The molecule has 0 spiro atoms. The second-order valence-electron chi connectivity index (χ2n) is 3.52. The fourth-order valence-corrected chi connectivity index (χ4v) is 3.62. The molecule has 0 saturated carbocycles. The van der Waals surface area contributed by atoms with E-state index in [4.69, 9.17) is 23.2 Å². The highest BCUT2D eigenvalue weighted by molar-refractivity contribution is 7.91. The van der Waals surface area contributed by atoms with Crippen LogP contribution in [0.1, 0.15) is 0 Å². The minimum Gasteiger partial charge on any atom is -0.606 e. The summed E-state index contributed by atoms with van der Waals surface area (Å²) in [6.45, 7) is 0. The largest absolute Gasteiger partial charge is 0.606 e. The molecular weight excluding hydrogens is 321 g/mol. The molecule has 1 atom stereocenters. The number of hydrogen-bond acceptors (Lipinski definition) is 3. The average Bonchev–Trinajstić information content (AvgIpc) is 2.39. The van der Waals surface area contributed by atoms with E-state index in [1.165, 1.54) is 0 Å². The van der Waals surface area contributed by atoms with E-state index in [1.807, 2.05) is 6.07 Å². The molecule has 96 valence electrons. The number of isothiocyanates is 1. The van der Waals surface area contributed by atoms with Gasteiger partial charge in [-0.05, 0) is 36.5 Å². The number of halogens is 2. The number of rotatable bonds is 3. The minimum atomic E-state index is -1.43. The first kappa shape index (κ1) is 14.5. The SMILES string of the molecule is [O-][S+](c1ccccc1)c1c(Cl)cc(N=C=S)cc1Cl. The Bertz CT molecular complexity index is 619. The molecule has 0 N–H and O–H groups in total. The lowest BCUT2D eigenvalue weighted by molar-refractivity contribution is 0.595. The van der Waals surface area contributed by atoms with Crippen molar-refractivity contribution >= 4 is 57.4 Å². The number of nitrogens with zero attached hydrogens (tertiary/aromatic N) is 1. The maximum Gasteiger partial charge on any atom is 0.195 e. The molecule has 0 heterocycles. The number of aliphatic imine (C=N–C) groups is 1. The van der Waals surface area contributed by atoms with Gasteiger partial charge < -0.3 is 4.55 Å². The van der Waals surface area contributed by atoms with Crippen molar-refractivity contribution in [2.24, 2.45) is 4.99 Å². The van der Waals surface area contributed by atoms with E-state index in [2.05, 4.69) is 22.4 Å². The van der Waals surface area contributed by atoms with Crippen LogP contribution in [0.25, 0.3) is 0 Å². The standard InChI is InChI=1S/C13H7Cl2NOS2/c14-11-6-9(16-8-18)7-12(15)13(11)19(17)10-4-2-1-3-5-10/h1-7H. The van der Waals surface area contributed by atoms with Crippen LogP contribution in [0, 0.1) is 0 Å². The first-order valence-electron chi connectivity index (χ1n) is 5.17. The van der Waals surface area contributed by atoms with Crippen molar-refractivity contribution in [2.75, 3.05) is 0 Å². The Morgan fingerprint density at radius 2 is 1.68 bits per heavy atom. The quantitative estimate of drug-likeness (QED) is 0.457. The molecule has 1 unspecified atom stereocenters. The second kappa shape index (κ2) is 6.53. The lowest BCUT2D eigenvalue weighted by atomic mass is 10.3. The Labute approximate surface area is 129 Å². The summed E-state index contributed by atoms with van der Waals surface area (Å²) in [4.78, 5) is 4.81. The monoisotopic (exact) mass is 327 g/mol. The van der Waals surface area contributed by atoms with Gasteiger partial charge in [0.1, 0.15) is 0 Å². The molecule has 6 heteroatoms. The molecule has 2 aromatic rings. The molecule has 2 nitrogen and oxygen atoms in total. The Morgan fingerprint density at radius 1 is 1.11 bits per heavy atom. The van der Waals surface area contributed by atoms with Crippen molar-refractivity contribution in [3.05, 3.63) is 52.5 Å². The van der Waals surface area contributed by atoms with Gasteiger partial charge in [0.2, 0.25) is 0 Å². The fourth-order valence-electron chi connectivity index (χ4n) is 1.50. The number of hydrogen-bond donors (Lipinski definition) is 0. The minimum absolute atomic E-state index is 0.290. The molecule has 0 fully saturated rings. The number of benzene rings is 2. The van der Waals surface area contributed by atoms with Crippen molar-refractivity contribution in [3.8, 4) is 0 Å². The highest BCUT2D eigenvalue weighted by atomic mass is 35.5. The van der Waals surface area contributed by atoms with Gasteiger partial charge in [-0.2, -0.15) is 4.99 Å². The molecule has 0 bridgehead atoms. The Morgan fingerprint density at radius 3 is 2.21 bits per heavy atom. The highest BCUT2D eigenvalue weighted by Crippen LogP contribution is 2.36. The maximum atomic E-state index is 12.4. The van der Waals surface area contributed by atoms with Crippen LogP contribution in [0.2, 0.25) is 10.0 Å². The summed E-state index contributed by atoms with van der Waals surface area (Å²) < 4.78 is 12.4. The predicted molar refractivity (Wildman–Crippen MR) is 82.3 cm³/mol. The molecule has 0 aliphatic rings. The van der Waals surface area contributed by atoms with E-state index in [-0.39, 0.29) is 0 Å². The molecule has 0 radical (unpaired) electrons. The molecule has 2 aromatic carbocycles. The normalized spacial score (nSPS) is 11.7. The maximum absolute atomic E-state index is 12.4. The Balaban J connectivity index is 2.48. The lowest BCUT2D eigenvalue weighted by Crippen LogP contribution is -2.03. The summed E-state index contributed by atoms with van der Waals surface area (Å²) in [6.07, 6.45) is 0. The van der Waals surface area contributed by atoms with E-state index in [1.54, 1.807) is 36.4 Å². The van der Waals surface area contributed by atoms with Gasteiger partial charge in [-0.3, -0.25) is 0 Å². The highest BCUT2D eigenvalue weighted by Gasteiger charge is 2.23. The van der Waals surface area contributed by atoms with Crippen LogP contribution >= 0.6 is 35.4 Å². The summed E-state index contributed by atoms with van der Waals surface area (Å²) in [5.74, 6) is 0. The topological polar surface area (TPSA) is 35.4 Å². The van der Waals surface area contributed by atoms with Gasteiger partial charge in [-0.15, -0.1) is 0 Å². The third-order valence-corrected chi connectivity index (χ3v) is 4.72. The lowest BCUT2D eigenvalue weighted by Gasteiger charge is -2.12. The van der Waals surface area contributed by atoms with E-state index >= 15 is 0 Å². The van der Waals surface area contributed by atoms with Crippen LogP contribution in [-0.4, -0.2) is 9.71 Å². The van der Waals surface area contributed by atoms with Gasteiger partial charge in [-0.25, -0.2) is 0 Å². The van der Waals surface area contributed by atoms with Gasteiger partial charge >= 0.3 is 0 Å². The average molecular weight is 328 g/mol. The Kier molecular flexibility index (Phi) is 4.99. The van der Waals surface area contributed by atoms with Crippen LogP contribution in [0.5, 0.6) is 0 Å². The summed E-state index contributed by atoms with van der Waals surface area (Å²) in [5.41, 5.74) is 0.485. The summed E-state index contributed by atoms with van der Waals surface area (Å²) >= 11 is 15.3. The summed E-state index contributed by atoms with van der Waals surface area (Å²) in [6, 6.07) is 12.1. The first-order valence-corrected chi connectivity index (χ1v) is 7.48. The second-order valence-corrected chi connectivity index (χ2v) is 5.94. The third-order valence-electron chi connectivity index (χ3n) is 2.30. The zero-order chi connectivity index (χ0) is 13.8. The van der Waals surface area contributed by atoms with E-state index in [0.717, 1.165) is 0 Å². The third kappa shape index (κ3) is 3.37. The molecule has 0 aliphatic carbocycles. The van der Waals surface area contributed by atoms with Crippen molar-refractivity contribution in [1.29, 1.82) is 0 Å². The summed E-state index contributed by atoms with van der Waals surface area (Å²) in [5, 5.41) is 2.81.